The Bertz CT molecular complexity index is 24.3. The average Bonchev–Trinajstić information content (AvgIpc) is 0.722. The number of rotatable bonds is 0. The Balaban J connectivity index is 0. The Hall–Kier alpha value is 0.830. The van der Waals surface area contributed by atoms with Crippen molar-refractivity contribution in [2.24, 2.45) is 5.73 Å². The predicted octanol–water partition coefficient (Wildman–Crippen LogP) is 1.52. The summed E-state index contributed by atoms with van der Waals surface area (Å²) in [7, 11) is 0. The normalized spacial score (nSPS) is 10.0. The highest BCUT2D eigenvalue weighted by Gasteiger charge is 2.03. The first kappa shape index (κ1) is 9.95. The lowest BCUT2D eigenvalue weighted by atomic mass is 10.8. The summed E-state index contributed by atoms with van der Waals surface area (Å²) in [6.45, 7) is 1.50. The first-order valence-corrected chi connectivity index (χ1v) is 1.92. The molecule has 0 fully saturated rings. The highest BCUT2D eigenvalue weighted by molar-refractivity contribution is 6.47. The Labute approximate surface area is 53.2 Å². The van der Waals surface area contributed by atoms with Crippen molar-refractivity contribution >= 4 is 35.6 Å². The van der Waals surface area contributed by atoms with E-state index in [-0.39, 0.29) is 12.4 Å². The zero-order chi connectivity index (χ0) is 4.50. The first-order valence-electron chi connectivity index (χ1n) is 1.17. The number of alkyl halides is 2. The fourth-order valence-electron chi connectivity index (χ4n) is 0. The van der Waals surface area contributed by atoms with Gasteiger partial charge in [-0.1, -0.05) is 23.2 Å². The lowest BCUT2D eigenvalue weighted by molar-refractivity contribution is 0.935. The molecule has 0 aromatic carbocycles. The van der Waals surface area contributed by atoms with Gasteiger partial charge in [-0.05, 0) is 6.92 Å². The van der Waals surface area contributed by atoms with Crippen LogP contribution < -0.4 is 5.73 Å². The molecule has 0 bridgehead atoms. The SMILES string of the molecule is CC(N)(Cl)Cl.Cl. The topological polar surface area (TPSA) is 26.0 Å². The number of hydrogen-bond acceptors (Lipinski definition) is 1. The van der Waals surface area contributed by atoms with Crippen LogP contribution in [0.1, 0.15) is 6.92 Å². The summed E-state index contributed by atoms with van der Waals surface area (Å²) in [6, 6.07) is 0. The molecular formula is C2H6Cl3N. The fraction of sp³-hybridized carbons (Fsp3) is 1.00. The number of halogens is 3. The van der Waals surface area contributed by atoms with Crippen LogP contribution in [-0.2, 0) is 0 Å². The van der Waals surface area contributed by atoms with Gasteiger partial charge in [0.25, 0.3) is 0 Å². The largest absolute Gasteiger partial charge is 0.300 e. The van der Waals surface area contributed by atoms with Crippen molar-refractivity contribution in [3.05, 3.63) is 0 Å². The van der Waals surface area contributed by atoms with Crippen molar-refractivity contribution in [1.29, 1.82) is 0 Å². The molecule has 0 saturated heterocycles. The maximum Gasteiger partial charge on any atom is 0.163 e. The third-order valence-electron chi connectivity index (χ3n) is 0. The van der Waals surface area contributed by atoms with Crippen molar-refractivity contribution in [3.63, 3.8) is 0 Å². The van der Waals surface area contributed by atoms with Gasteiger partial charge >= 0.3 is 0 Å². The van der Waals surface area contributed by atoms with Gasteiger partial charge in [-0.25, -0.2) is 0 Å². The van der Waals surface area contributed by atoms with Crippen molar-refractivity contribution < 1.29 is 0 Å². The maximum atomic E-state index is 5.07. The third kappa shape index (κ3) is 103. The molecule has 4 heteroatoms. The van der Waals surface area contributed by atoms with Gasteiger partial charge in [0.1, 0.15) is 0 Å². The van der Waals surface area contributed by atoms with Gasteiger partial charge in [-0.15, -0.1) is 12.4 Å². The molecule has 0 spiro atoms. The van der Waals surface area contributed by atoms with Crippen molar-refractivity contribution in [2.75, 3.05) is 0 Å². The van der Waals surface area contributed by atoms with Crippen LogP contribution in [-0.4, -0.2) is 4.46 Å². The Kier molecular flexibility index (Phi) is 4.84. The number of hydrogen-bond donors (Lipinski definition) is 1. The lowest BCUT2D eigenvalue weighted by Crippen LogP contribution is -2.19. The minimum absolute atomic E-state index is 0. The zero-order valence-electron chi connectivity index (χ0n) is 3.24. The molecule has 0 aliphatic heterocycles. The van der Waals surface area contributed by atoms with E-state index in [1.165, 1.54) is 6.92 Å². The highest BCUT2D eigenvalue weighted by atomic mass is 35.5. The van der Waals surface area contributed by atoms with Gasteiger partial charge in [0.05, 0.1) is 0 Å². The van der Waals surface area contributed by atoms with Crippen LogP contribution in [0.4, 0.5) is 0 Å². The maximum absolute atomic E-state index is 5.07. The molecule has 2 N–H and O–H groups in total. The van der Waals surface area contributed by atoms with Crippen molar-refractivity contribution in [3.8, 4) is 0 Å². The molecule has 40 valence electrons. The number of nitrogens with two attached hydrogens (primary N) is 1. The molecule has 0 aromatic heterocycles. The second-order valence-corrected chi connectivity index (χ2v) is 2.72. The summed E-state index contributed by atoms with van der Waals surface area (Å²) in [4.78, 5) is 0. The lowest BCUT2D eigenvalue weighted by Gasteiger charge is -1.99. The van der Waals surface area contributed by atoms with Crippen LogP contribution in [0, 0.1) is 0 Å². The Morgan fingerprint density at radius 2 is 1.50 bits per heavy atom. The summed E-state index contributed by atoms with van der Waals surface area (Å²) >= 11 is 10.1. The fourth-order valence-corrected chi connectivity index (χ4v) is 0. The van der Waals surface area contributed by atoms with E-state index in [2.05, 4.69) is 0 Å². The second-order valence-electron chi connectivity index (χ2n) is 0.956. The smallest absolute Gasteiger partial charge is 0.163 e. The third-order valence-corrected chi connectivity index (χ3v) is 0. The second kappa shape index (κ2) is 2.92. The summed E-state index contributed by atoms with van der Waals surface area (Å²) < 4.78 is -1.06. The van der Waals surface area contributed by atoms with Crippen molar-refractivity contribution in [2.45, 2.75) is 11.4 Å². The van der Waals surface area contributed by atoms with E-state index in [1.807, 2.05) is 0 Å². The van der Waals surface area contributed by atoms with Crippen LogP contribution >= 0.6 is 35.6 Å². The average molecular weight is 150 g/mol. The van der Waals surface area contributed by atoms with Crippen LogP contribution in [0.15, 0.2) is 0 Å². The van der Waals surface area contributed by atoms with Gasteiger partial charge in [0.2, 0.25) is 0 Å². The molecule has 6 heavy (non-hydrogen) atoms. The minimum Gasteiger partial charge on any atom is -0.300 e. The van der Waals surface area contributed by atoms with E-state index in [1.54, 1.807) is 0 Å². The van der Waals surface area contributed by atoms with Gasteiger partial charge in [0, 0.05) is 0 Å². The van der Waals surface area contributed by atoms with Crippen molar-refractivity contribution in [1.82, 2.24) is 0 Å². The molecule has 0 aromatic rings. The molecule has 0 atom stereocenters. The minimum atomic E-state index is -1.06. The van der Waals surface area contributed by atoms with E-state index in [4.69, 9.17) is 28.9 Å². The van der Waals surface area contributed by atoms with Gasteiger partial charge in [0.15, 0.2) is 4.46 Å². The summed E-state index contributed by atoms with van der Waals surface area (Å²) in [5, 5.41) is 0. The summed E-state index contributed by atoms with van der Waals surface area (Å²) in [6.07, 6.45) is 0. The van der Waals surface area contributed by atoms with E-state index in [0.717, 1.165) is 0 Å². The molecule has 0 saturated carbocycles. The molecular weight excluding hydrogens is 144 g/mol. The molecule has 1 nitrogen and oxygen atoms in total. The van der Waals surface area contributed by atoms with Crippen LogP contribution in [0.25, 0.3) is 0 Å². The van der Waals surface area contributed by atoms with Crippen LogP contribution in [0.2, 0.25) is 0 Å². The highest BCUT2D eigenvalue weighted by Crippen LogP contribution is 2.08. The monoisotopic (exact) mass is 149 g/mol. The summed E-state index contributed by atoms with van der Waals surface area (Å²) in [5.41, 5.74) is 4.89. The molecule has 0 radical (unpaired) electrons. The molecule has 0 unspecified atom stereocenters. The van der Waals surface area contributed by atoms with Gasteiger partial charge < -0.3 is 5.73 Å². The first-order chi connectivity index (χ1) is 2.00. The predicted molar refractivity (Wildman–Crippen MR) is 31.5 cm³/mol. The Morgan fingerprint density at radius 1 is 1.50 bits per heavy atom. The molecule has 0 amide bonds. The molecule has 0 aliphatic rings. The van der Waals surface area contributed by atoms with Gasteiger partial charge in [-0.2, -0.15) is 0 Å². The molecule has 0 aliphatic carbocycles. The molecule has 0 heterocycles. The quantitative estimate of drug-likeness (QED) is 0.411. The van der Waals surface area contributed by atoms with E-state index < -0.39 is 4.46 Å². The van der Waals surface area contributed by atoms with Gasteiger partial charge in [-0.3, -0.25) is 0 Å². The molecule has 0 rings (SSSR count). The standard InChI is InChI=1S/C2H5Cl2N.ClH/c1-2(3,4)5;/h5H2,1H3;1H. The summed E-state index contributed by atoms with van der Waals surface area (Å²) in [5.74, 6) is 0. The van der Waals surface area contributed by atoms with E-state index in [0.29, 0.717) is 0 Å². The zero-order valence-corrected chi connectivity index (χ0v) is 5.57. The van der Waals surface area contributed by atoms with Crippen LogP contribution in [0.3, 0.4) is 0 Å². The van der Waals surface area contributed by atoms with Crippen LogP contribution in [0.5, 0.6) is 0 Å². The van der Waals surface area contributed by atoms with E-state index >= 15 is 0 Å². The van der Waals surface area contributed by atoms with E-state index in [9.17, 15) is 0 Å². The Morgan fingerprint density at radius 3 is 1.50 bits per heavy atom.